The minimum Gasteiger partial charge on any atom is -0.346 e. The zero-order valence-corrected chi connectivity index (χ0v) is 15.2. The van der Waals surface area contributed by atoms with Crippen LogP contribution in [0.5, 0.6) is 0 Å². The first kappa shape index (κ1) is 19.0. The van der Waals surface area contributed by atoms with E-state index in [2.05, 4.69) is 32.3 Å². The van der Waals surface area contributed by atoms with Crippen molar-refractivity contribution in [3.63, 3.8) is 0 Å². The second kappa shape index (κ2) is 7.51. The quantitative estimate of drug-likeness (QED) is 0.926. The molecular weight excluding hydrogens is 298 g/mol. The van der Waals surface area contributed by atoms with Gasteiger partial charge in [-0.1, -0.05) is 6.92 Å². The molecule has 126 valence electrons. The Kier molecular flexibility index (Phi) is 6.50. The summed E-state index contributed by atoms with van der Waals surface area (Å²) in [7, 11) is 0. The first-order valence-electron chi connectivity index (χ1n) is 8.06. The molecule has 0 spiro atoms. The van der Waals surface area contributed by atoms with Gasteiger partial charge in [0.2, 0.25) is 0 Å². The van der Waals surface area contributed by atoms with Crippen LogP contribution in [0.2, 0.25) is 0 Å². The lowest BCUT2D eigenvalue weighted by atomic mass is 9.92. The number of aromatic nitrogens is 1. The Morgan fingerprint density at radius 3 is 2.55 bits per heavy atom. The number of nitrogens with two attached hydrogens (primary N) is 1. The molecule has 1 amide bonds. The zero-order chi connectivity index (χ0) is 15.7. The van der Waals surface area contributed by atoms with Gasteiger partial charge in [-0.05, 0) is 52.5 Å². The van der Waals surface area contributed by atoms with Gasteiger partial charge >= 0.3 is 0 Å². The number of rotatable bonds is 3. The van der Waals surface area contributed by atoms with Gasteiger partial charge in [0.1, 0.15) is 0 Å². The molecule has 1 aliphatic heterocycles. The lowest BCUT2D eigenvalue weighted by Gasteiger charge is -2.38. The van der Waals surface area contributed by atoms with Gasteiger partial charge in [0.25, 0.3) is 5.91 Å². The van der Waals surface area contributed by atoms with Gasteiger partial charge < -0.3 is 15.2 Å². The van der Waals surface area contributed by atoms with Crippen molar-refractivity contribution < 1.29 is 4.79 Å². The third-order valence-corrected chi connectivity index (χ3v) is 4.74. The van der Waals surface area contributed by atoms with Gasteiger partial charge in [-0.2, -0.15) is 0 Å². The van der Waals surface area contributed by atoms with E-state index in [0.717, 1.165) is 36.3 Å². The average molecular weight is 328 g/mol. The van der Waals surface area contributed by atoms with E-state index in [1.165, 1.54) is 0 Å². The number of halogens is 1. The SMILES string of the molecule is Cc1cc(C(=O)N2CCC(C)CC2CN)c(C)n1C(C)C.Cl. The van der Waals surface area contributed by atoms with Crippen molar-refractivity contribution in [2.45, 2.75) is 59.5 Å². The van der Waals surface area contributed by atoms with Crippen molar-refractivity contribution in [1.29, 1.82) is 0 Å². The van der Waals surface area contributed by atoms with E-state index < -0.39 is 0 Å². The van der Waals surface area contributed by atoms with Crippen molar-refractivity contribution >= 4 is 18.3 Å². The van der Waals surface area contributed by atoms with Gasteiger partial charge in [-0.15, -0.1) is 12.4 Å². The predicted octanol–water partition coefficient (Wildman–Crippen LogP) is 3.31. The molecule has 22 heavy (non-hydrogen) atoms. The standard InChI is InChI=1S/C17H29N3O.ClH/c1-11(2)20-13(4)9-16(14(20)5)17(21)19-7-6-12(3)8-15(19)10-18;/h9,11-12,15H,6-8,10,18H2,1-5H3;1H. The molecule has 1 saturated heterocycles. The monoisotopic (exact) mass is 327 g/mol. The van der Waals surface area contributed by atoms with Crippen molar-refractivity contribution in [2.75, 3.05) is 13.1 Å². The summed E-state index contributed by atoms with van der Waals surface area (Å²) in [6, 6.07) is 2.59. The van der Waals surface area contributed by atoms with Crippen LogP contribution in [0.3, 0.4) is 0 Å². The maximum Gasteiger partial charge on any atom is 0.255 e. The van der Waals surface area contributed by atoms with Crippen LogP contribution >= 0.6 is 12.4 Å². The first-order valence-corrected chi connectivity index (χ1v) is 8.06. The topological polar surface area (TPSA) is 51.3 Å². The molecule has 2 rings (SSSR count). The molecule has 0 saturated carbocycles. The van der Waals surface area contributed by atoms with Crippen LogP contribution < -0.4 is 5.73 Å². The van der Waals surface area contributed by atoms with E-state index in [4.69, 9.17) is 5.73 Å². The minimum atomic E-state index is 0. The second-order valence-electron chi connectivity index (χ2n) is 6.77. The Balaban J connectivity index is 0.00000242. The van der Waals surface area contributed by atoms with E-state index >= 15 is 0 Å². The summed E-state index contributed by atoms with van der Waals surface area (Å²) < 4.78 is 2.23. The Morgan fingerprint density at radius 1 is 1.41 bits per heavy atom. The number of piperidine rings is 1. The molecule has 5 heteroatoms. The maximum absolute atomic E-state index is 12.9. The predicted molar refractivity (Wildman–Crippen MR) is 93.8 cm³/mol. The molecule has 1 fully saturated rings. The van der Waals surface area contributed by atoms with Crippen LogP contribution in [0, 0.1) is 19.8 Å². The van der Waals surface area contributed by atoms with Gasteiger partial charge in [0.15, 0.2) is 0 Å². The van der Waals surface area contributed by atoms with E-state index in [1.54, 1.807) is 0 Å². The highest BCUT2D eigenvalue weighted by atomic mass is 35.5. The number of nitrogens with zero attached hydrogens (tertiary/aromatic N) is 2. The molecule has 1 aliphatic rings. The molecule has 0 aliphatic carbocycles. The van der Waals surface area contributed by atoms with Gasteiger partial charge in [0.05, 0.1) is 5.56 Å². The van der Waals surface area contributed by atoms with E-state index in [9.17, 15) is 4.79 Å². The summed E-state index contributed by atoms with van der Waals surface area (Å²) in [5.41, 5.74) is 8.96. The van der Waals surface area contributed by atoms with Crippen molar-refractivity contribution in [1.82, 2.24) is 9.47 Å². The summed E-state index contributed by atoms with van der Waals surface area (Å²) in [4.78, 5) is 14.9. The van der Waals surface area contributed by atoms with Gasteiger partial charge in [0, 0.05) is 36.6 Å². The Bertz CT molecular complexity index is 524. The molecule has 1 aromatic heterocycles. The molecule has 0 bridgehead atoms. The summed E-state index contributed by atoms with van der Waals surface area (Å²) >= 11 is 0. The normalized spacial score (nSPS) is 21.9. The molecular formula is C17H30ClN3O. The Labute approximate surface area is 140 Å². The number of likely N-dealkylation sites (tertiary alicyclic amines) is 1. The molecule has 1 aromatic rings. The number of hydrogen-bond donors (Lipinski definition) is 1. The number of amides is 1. The maximum atomic E-state index is 12.9. The van der Waals surface area contributed by atoms with Crippen LogP contribution in [0.15, 0.2) is 6.07 Å². The molecule has 4 nitrogen and oxygen atoms in total. The third-order valence-electron chi connectivity index (χ3n) is 4.74. The van der Waals surface area contributed by atoms with Crippen molar-refractivity contribution in [2.24, 2.45) is 11.7 Å². The highest BCUT2D eigenvalue weighted by molar-refractivity contribution is 5.96. The third kappa shape index (κ3) is 3.49. The Morgan fingerprint density at radius 2 is 2.05 bits per heavy atom. The largest absolute Gasteiger partial charge is 0.346 e. The summed E-state index contributed by atoms with van der Waals surface area (Å²) in [5, 5.41) is 0. The molecule has 0 aromatic carbocycles. The van der Waals surface area contributed by atoms with Crippen LogP contribution in [0.25, 0.3) is 0 Å². The Hall–Kier alpha value is -1.000. The minimum absolute atomic E-state index is 0. The summed E-state index contributed by atoms with van der Waals surface area (Å²) in [6.07, 6.45) is 2.09. The highest BCUT2D eigenvalue weighted by Crippen LogP contribution is 2.26. The lowest BCUT2D eigenvalue weighted by Crippen LogP contribution is -2.49. The van der Waals surface area contributed by atoms with E-state index in [1.807, 2.05) is 17.9 Å². The van der Waals surface area contributed by atoms with Crippen LogP contribution in [-0.2, 0) is 0 Å². The summed E-state index contributed by atoms with van der Waals surface area (Å²) in [5.74, 6) is 0.808. The van der Waals surface area contributed by atoms with Crippen LogP contribution in [-0.4, -0.2) is 34.5 Å². The van der Waals surface area contributed by atoms with Crippen molar-refractivity contribution in [3.8, 4) is 0 Å². The fourth-order valence-corrected chi connectivity index (χ4v) is 3.69. The zero-order valence-electron chi connectivity index (χ0n) is 14.4. The second-order valence-corrected chi connectivity index (χ2v) is 6.77. The average Bonchev–Trinajstić information content (AvgIpc) is 2.73. The van der Waals surface area contributed by atoms with Crippen LogP contribution in [0.1, 0.15) is 61.4 Å². The number of carbonyl (C=O) groups excluding carboxylic acids is 1. The highest BCUT2D eigenvalue weighted by Gasteiger charge is 2.31. The van der Waals surface area contributed by atoms with Crippen LogP contribution in [0.4, 0.5) is 0 Å². The smallest absolute Gasteiger partial charge is 0.255 e. The van der Waals surface area contributed by atoms with E-state index in [-0.39, 0.29) is 24.4 Å². The lowest BCUT2D eigenvalue weighted by molar-refractivity contribution is 0.0573. The molecule has 2 unspecified atom stereocenters. The molecule has 0 radical (unpaired) electrons. The van der Waals surface area contributed by atoms with Gasteiger partial charge in [-0.3, -0.25) is 4.79 Å². The fourth-order valence-electron chi connectivity index (χ4n) is 3.69. The van der Waals surface area contributed by atoms with Gasteiger partial charge in [-0.25, -0.2) is 0 Å². The molecule has 2 N–H and O–H groups in total. The fraction of sp³-hybridized carbons (Fsp3) is 0.706. The van der Waals surface area contributed by atoms with E-state index in [0.29, 0.717) is 18.5 Å². The summed E-state index contributed by atoms with van der Waals surface area (Å²) in [6.45, 7) is 12.0. The molecule has 2 heterocycles. The number of aryl methyl sites for hydroxylation is 1. The number of hydrogen-bond acceptors (Lipinski definition) is 2. The molecule has 2 atom stereocenters. The number of carbonyl (C=O) groups is 1. The van der Waals surface area contributed by atoms with Crippen molar-refractivity contribution in [3.05, 3.63) is 23.0 Å². The first-order chi connectivity index (χ1) is 9.86.